The number of benzene rings is 1. The third-order valence-electron chi connectivity index (χ3n) is 5.33. The lowest BCUT2D eigenvalue weighted by atomic mass is 9.76. The minimum Gasteiger partial charge on any atom is -0.338 e. The predicted octanol–water partition coefficient (Wildman–Crippen LogP) is 4.74. The number of hydrogen-bond donors (Lipinski definition) is 1. The number of nitrogens with one attached hydrogen (secondary N) is 1. The summed E-state index contributed by atoms with van der Waals surface area (Å²) in [7, 11) is 0. The topological polar surface area (TPSA) is 72.7 Å². The van der Waals surface area contributed by atoms with E-state index < -0.39 is 0 Å². The zero-order chi connectivity index (χ0) is 20.8. The lowest BCUT2D eigenvalue weighted by Crippen LogP contribution is -2.28. The van der Waals surface area contributed by atoms with E-state index in [1.165, 1.54) is 5.56 Å². The van der Waals surface area contributed by atoms with Gasteiger partial charge in [-0.2, -0.15) is 0 Å². The Kier molecular flexibility index (Phi) is 4.73. The van der Waals surface area contributed by atoms with Crippen molar-refractivity contribution in [2.24, 2.45) is 5.41 Å². The highest BCUT2D eigenvalue weighted by molar-refractivity contribution is 6.03. The van der Waals surface area contributed by atoms with Crippen LogP contribution in [0.4, 0.5) is 11.5 Å². The van der Waals surface area contributed by atoms with Gasteiger partial charge in [-0.25, -0.2) is 14.6 Å². The van der Waals surface area contributed by atoms with E-state index in [1.54, 1.807) is 4.68 Å². The highest BCUT2D eigenvalue weighted by Gasteiger charge is 2.37. The molecule has 0 fully saturated rings. The number of Topliss-reactive ketones (excluding diaryl/α,β-unsaturated/α-hetero) is 1. The molecule has 4 rings (SSSR count). The number of carbonyl (C=O) groups is 1. The molecule has 0 spiro atoms. The minimum atomic E-state index is -0.124. The van der Waals surface area contributed by atoms with Gasteiger partial charge < -0.3 is 5.32 Å². The molecule has 2 heterocycles. The van der Waals surface area contributed by atoms with Crippen LogP contribution < -0.4 is 5.32 Å². The van der Waals surface area contributed by atoms with Crippen molar-refractivity contribution in [3.8, 4) is 5.95 Å². The summed E-state index contributed by atoms with van der Waals surface area (Å²) < 4.78 is 1.75. The molecule has 3 aromatic rings. The monoisotopic (exact) mass is 389 g/mol. The zero-order valence-corrected chi connectivity index (χ0v) is 17.7. The summed E-state index contributed by atoms with van der Waals surface area (Å²) in [5, 5.41) is 8.11. The molecule has 29 heavy (non-hydrogen) atoms. The third kappa shape index (κ3) is 3.79. The molecular weight excluding hydrogens is 362 g/mol. The lowest BCUT2D eigenvalue weighted by Gasteiger charge is -2.28. The average molecular weight is 390 g/mol. The number of nitrogens with zero attached hydrogens (tertiary/aromatic N) is 4. The van der Waals surface area contributed by atoms with Crippen molar-refractivity contribution >= 4 is 17.3 Å². The van der Waals surface area contributed by atoms with E-state index in [2.05, 4.69) is 48.2 Å². The number of hydrogen-bond acceptors (Lipinski definition) is 5. The van der Waals surface area contributed by atoms with Crippen molar-refractivity contribution in [1.82, 2.24) is 19.7 Å². The molecule has 0 bridgehead atoms. The normalized spacial score (nSPS) is 15.3. The predicted molar refractivity (Wildman–Crippen MR) is 114 cm³/mol. The van der Waals surface area contributed by atoms with Crippen molar-refractivity contribution in [2.75, 3.05) is 5.32 Å². The van der Waals surface area contributed by atoms with E-state index in [-0.39, 0.29) is 11.2 Å². The van der Waals surface area contributed by atoms with Crippen LogP contribution in [0.25, 0.3) is 5.95 Å². The van der Waals surface area contributed by atoms with Crippen LogP contribution in [-0.2, 0) is 12.8 Å². The SMILES string of the molecule is CCc1ccc(Nc2nn(-c3nc(C)cc(C)n3)c3c2C(=O)CC(C)(C)C3)cc1. The van der Waals surface area contributed by atoms with Gasteiger partial charge in [0.05, 0.1) is 11.3 Å². The fourth-order valence-electron chi connectivity index (χ4n) is 3.96. The van der Waals surface area contributed by atoms with Gasteiger partial charge in [0.25, 0.3) is 5.95 Å². The molecule has 0 saturated heterocycles. The number of ketones is 1. The number of carbonyl (C=O) groups excluding carboxylic acids is 1. The van der Waals surface area contributed by atoms with Crippen molar-refractivity contribution in [1.29, 1.82) is 0 Å². The van der Waals surface area contributed by atoms with E-state index in [0.717, 1.165) is 35.6 Å². The highest BCUT2D eigenvalue weighted by Crippen LogP contribution is 2.39. The van der Waals surface area contributed by atoms with Gasteiger partial charge >= 0.3 is 0 Å². The van der Waals surface area contributed by atoms with E-state index in [4.69, 9.17) is 5.10 Å². The summed E-state index contributed by atoms with van der Waals surface area (Å²) in [5.74, 6) is 1.20. The molecule has 1 N–H and O–H groups in total. The standard InChI is InChI=1S/C23H27N5O/c1-6-16-7-9-17(10-8-16)26-21-20-18(12-23(4,5)13-19(20)29)28(27-21)22-24-14(2)11-15(3)25-22/h7-11H,6,12-13H2,1-5H3,(H,26,27). The smallest absolute Gasteiger partial charge is 0.251 e. The molecule has 0 atom stereocenters. The Morgan fingerprint density at radius 1 is 1.07 bits per heavy atom. The fourth-order valence-corrected chi connectivity index (χ4v) is 3.96. The largest absolute Gasteiger partial charge is 0.338 e. The van der Waals surface area contributed by atoms with Gasteiger partial charge in [-0.1, -0.05) is 32.9 Å². The van der Waals surface area contributed by atoms with Gasteiger partial charge in [0.1, 0.15) is 0 Å². The Hall–Kier alpha value is -3.02. The van der Waals surface area contributed by atoms with E-state index in [0.29, 0.717) is 23.8 Å². The van der Waals surface area contributed by atoms with Crippen LogP contribution in [0.2, 0.25) is 0 Å². The van der Waals surface area contributed by atoms with Gasteiger partial charge in [-0.15, -0.1) is 5.10 Å². The summed E-state index contributed by atoms with van der Waals surface area (Å²) in [6.07, 6.45) is 2.23. The Morgan fingerprint density at radius 3 is 2.34 bits per heavy atom. The van der Waals surface area contributed by atoms with E-state index in [1.807, 2.05) is 32.0 Å². The molecule has 1 aliphatic rings. The first kappa shape index (κ1) is 19.3. The Morgan fingerprint density at radius 2 is 1.72 bits per heavy atom. The first-order chi connectivity index (χ1) is 13.8. The summed E-state index contributed by atoms with van der Waals surface area (Å²) >= 11 is 0. The van der Waals surface area contributed by atoms with Crippen molar-refractivity contribution in [2.45, 2.75) is 53.9 Å². The maximum atomic E-state index is 13.1. The molecule has 2 aromatic heterocycles. The molecule has 150 valence electrons. The Bertz CT molecular complexity index is 1060. The van der Waals surface area contributed by atoms with E-state index in [9.17, 15) is 4.79 Å². The van der Waals surface area contributed by atoms with Crippen LogP contribution >= 0.6 is 0 Å². The van der Waals surface area contributed by atoms with Crippen LogP contribution in [0, 0.1) is 19.3 Å². The minimum absolute atomic E-state index is 0.111. The quantitative estimate of drug-likeness (QED) is 0.698. The molecule has 0 amide bonds. The maximum Gasteiger partial charge on any atom is 0.251 e. The molecular formula is C23H27N5O. The third-order valence-corrected chi connectivity index (χ3v) is 5.33. The summed E-state index contributed by atoms with van der Waals surface area (Å²) in [6, 6.07) is 10.2. The summed E-state index contributed by atoms with van der Waals surface area (Å²) in [5.41, 5.74) is 5.35. The van der Waals surface area contributed by atoms with Crippen LogP contribution in [-0.4, -0.2) is 25.5 Å². The second-order valence-corrected chi connectivity index (χ2v) is 8.65. The van der Waals surface area contributed by atoms with Gasteiger partial charge in [-0.3, -0.25) is 4.79 Å². The molecule has 0 unspecified atom stereocenters. The molecule has 0 aliphatic heterocycles. The molecule has 1 aliphatic carbocycles. The van der Waals surface area contributed by atoms with Gasteiger partial charge in [0.15, 0.2) is 11.6 Å². The first-order valence-electron chi connectivity index (χ1n) is 10.1. The van der Waals surface area contributed by atoms with Crippen molar-refractivity contribution < 1.29 is 4.79 Å². The number of aryl methyl sites for hydroxylation is 3. The molecule has 0 saturated carbocycles. The van der Waals surface area contributed by atoms with Crippen LogP contribution in [0.15, 0.2) is 30.3 Å². The van der Waals surface area contributed by atoms with E-state index >= 15 is 0 Å². The van der Waals surface area contributed by atoms with Crippen LogP contribution in [0.1, 0.15) is 60.2 Å². The Labute approximate surface area is 171 Å². The number of rotatable bonds is 4. The summed E-state index contributed by atoms with van der Waals surface area (Å²) in [4.78, 5) is 22.2. The molecule has 6 heteroatoms. The first-order valence-corrected chi connectivity index (χ1v) is 10.1. The van der Waals surface area contributed by atoms with Gasteiger partial charge in [-0.05, 0) is 55.9 Å². The molecule has 1 aromatic carbocycles. The van der Waals surface area contributed by atoms with Crippen LogP contribution in [0.3, 0.4) is 0 Å². The highest BCUT2D eigenvalue weighted by atomic mass is 16.1. The Balaban J connectivity index is 1.83. The second-order valence-electron chi connectivity index (χ2n) is 8.65. The van der Waals surface area contributed by atoms with Crippen molar-refractivity contribution in [3.05, 3.63) is 58.5 Å². The summed E-state index contributed by atoms with van der Waals surface area (Å²) in [6.45, 7) is 10.2. The number of fused-ring (bicyclic) bond motifs is 1. The van der Waals surface area contributed by atoms with Gasteiger partial charge in [0.2, 0.25) is 0 Å². The molecule has 6 nitrogen and oxygen atoms in total. The average Bonchev–Trinajstić information content (AvgIpc) is 2.98. The number of anilines is 2. The van der Waals surface area contributed by atoms with Gasteiger partial charge in [0, 0.05) is 23.5 Å². The van der Waals surface area contributed by atoms with Crippen molar-refractivity contribution in [3.63, 3.8) is 0 Å². The van der Waals surface area contributed by atoms with Crippen LogP contribution in [0.5, 0.6) is 0 Å². The number of aromatic nitrogens is 4. The lowest BCUT2D eigenvalue weighted by molar-refractivity contribution is 0.0911. The maximum absolute atomic E-state index is 13.1. The molecule has 0 radical (unpaired) electrons. The zero-order valence-electron chi connectivity index (χ0n) is 17.7. The fraction of sp³-hybridized carbons (Fsp3) is 0.391. The second kappa shape index (κ2) is 7.10.